The highest BCUT2D eigenvalue weighted by Crippen LogP contribution is 2.34. The first-order valence-electron chi connectivity index (χ1n) is 7.95. The number of amides is 1. The van der Waals surface area contributed by atoms with Crippen LogP contribution in [0.2, 0.25) is 0 Å². The molecule has 2 heterocycles. The number of hydrogen-bond donors (Lipinski definition) is 1. The smallest absolute Gasteiger partial charge is 0.244 e. The first kappa shape index (κ1) is 17.0. The number of carbonyl (C=O) groups is 1. The molecule has 1 atom stereocenters. The van der Waals surface area contributed by atoms with E-state index in [1.54, 1.807) is 18.0 Å². The average molecular weight is 309 g/mol. The van der Waals surface area contributed by atoms with E-state index in [9.17, 15) is 9.90 Å². The third-order valence-corrected chi connectivity index (χ3v) is 4.46. The number of rotatable bonds is 7. The van der Waals surface area contributed by atoms with Crippen LogP contribution < -0.4 is 0 Å². The highest BCUT2D eigenvalue weighted by atomic mass is 16.5. The van der Waals surface area contributed by atoms with Crippen molar-refractivity contribution in [3.63, 3.8) is 0 Å². The Bertz CT molecular complexity index is 489. The molecular weight excluding hydrogens is 282 g/mol. The van der Waals surface area contributed by atoms with Crippen LogP contribution in [0.4, 0.5) is 0 Å². The van der Waals surface area contributed by atoms with Crippen molar-refractivity contribution in [2.75, 3.05) is 33.4 Å². The molecule has 0 unspecified atom stereocenters. The summed E-state index contributed by atoms with van der Waals surface area (Å²) >= 11 is 0. The van der Waals surface area contributed by atoms with Crippen LogP contribution in [0.3, 0.4) is 0 Å². The Balaban J connectivity index is 1.94. The van der Waals surface area contributed by atoms with Gasteiger partial charge < -0.3 is 14.7 Å². The molecule has 0 saturated carbocycles. The fraction of sp³-hybridized carbons (Fsp3) is 0.750. The minimum atomic E-state index is -0.174. The number of carbonyl (C=O) groups excluding carboxylic acids is 1. The van der Waals surface area contributed by atoms with Gasteiger partial charge in [-0.15, -0.1) is 0 Å². The van der Waals surface area contributed by atoms with Gasteiger partial charge in [0, 0.05) is 38.4 Å². The molecule has 1 aliphatic heterocycles. The second-order valence-corrected chi connectivity index (χ2v) is 6.39. The molecule has 1 aliphatic rings. The van der Waals surface area contributed by atoms with Gasteiger partial charge in [-0.05, 0) is 38.2 Å². The van der Waals surface area contributed by atoms with Crippen LogP contribution in [0.15, 0.2) is 12.4 Å². The third kappa shape index (κ3) is 4.30. The van der Waals surface area contributed by atoms with Gasteiger partial charge in [-0.1, -0.05) is 0 Å². The summed E-state index contributed by atoms with van der Waals surface area (Å²) in [5.41, 5.74) is 0.877. The lowest BCUT2D eigenvalue weighted by atomic mass is 9.77. The summed E-state index contributed by atoms with van der Waals surface area (Å²) in [6, 6.07) is 0. The fourth-order valence-corrected chi connectivity index (χ4v) is 3.22. The van der Waals surface area contributed by atoms with Crippen LogP contribution >= 0.6 is 0 Å². The van der Waals surface area contributed by atoms with Crippen LogP contribution in [0.25, 0.3) is 0 Å². The van der Waals surface area contributed by atoms with E-state index < -0.39 is 0 Å². The van der Waals surface area contributed by atoms with Gasteiger partial charge in [0.2, 0.25) is 5.91 Å². The number of likely N-dealkylation sites (tertiary alicyclic amines) is 1. The second-order valence-electron chi connectivity index (χ2n) is 6.39. The fourth-order valence-electron chi connectivity index (χ4n) is 3.22. The molecule has 6 heteroatoms. The van der Waals surface area contributed by atoms with Crippen molar-refractivity contribution in [2.24, 2.45) is 5.41 Å². The number of aliphatic hydroxyl groups is 1. The summed E-state index contributed by atoms with van der Waals surface area (Å²) in [5.74, 6) is 0.0763. The van der Waals surface area contributed by atoms with E-state index in [0.717, 1.165) is 37.8 Å². The third-order valence-electron chi connectivity index (χ3n) is 4.46. The predicted octanol–water partition coefficient (Wildman–Crippen LogP) is 1.22. The number of aryl methyl sites for hydroxylation is 1. The highest BCUT2D eigenvalue weighted by Gasteiger charge is 2.36. The summed E-state index contributed by atoms with van der Waals surface area (Å²) in [7, 11) is 1.69. The quantitative estimate of drug-likeness (QED) is 0.769. The molecule has 1 amide bonds. The van der Waals surface area contributed by atoms with Crippen LogP contribution in [0, 0.1) is 12.3 Å². The Morgan fingerprint density at radius 3 is 3.00 bits per heavy atom. The first-order chi connectivity index (χ1) is 10.6. The molecule has 2 rings (SSSR count). The molecule has 1 aromatic heterocycles. The minimum absolute atomic E-state index is 0.0763. The van der Waals surface area contributed by atoms with Crippen LogP contribution in [-0.4, -0.2) is 59.1 Å². The molecule has 0 aliphatic carbocycles. The van der Waals surface area contributed by atoms with E-state index in [1.807, 2.05) is 18.0 Å². The summed E-state index contributed by atoms with van der Waals surface area (Å²) in [6.45, 7) is 4.45. The average Bonchev–Trinajstić information content (AvgIpc) is 2.93. The number of methoxy groups -OCH3 is 1. The highest BCUT2D eigenvalue weighted by molar-refractivity contribution is 5.76. The van der Waals surface area contributed by atoms with Gasteiger partial charge in [0.15, 0.2) is 0 Å². The van der Waals surface area contributed by atoms with Crippen molar-refractivity contribution in [2.45, 2.75) is 39.2 Å². The van der Waals surface area contributed by atoms with Crippen molar-refractivity contribution >= 4 is 5.91 Å². The molecule has 1 N–H and O–H groups in total. The lowest BCUT2D eigenvalue weighted by molar-refractivity contribution is -0.136. The molecule has 124 valence electrons. The number of aliphatic hydroxyl groups excluding tert-OH is 1. The van der Waals surface area contributed by atoms with E-state index in [4.69, 9.17) is 4.74 Å². The topological polar surface area (TPSA) is 67.6 Å². The van der Waals surface area contributed by atoms with E-state index in [2.05, 4.69) is 5.10 Å². The second kappa shape index (κ2) is 7.74. The van der Waals surface area contributed by atoms with Gasteiger partial charge in [0.05, 0.1) is 12.8 Å². The van der Waals surface area contributed by atoms with Gasteiger partial charge in [0.1, 0.15) is 6.54 Å². The van der Waals surface area contributed by atoms with Crippen molar-refractivity contribution in [1.29, 1.82) is 0 Å². The zero-order chi connectivity index (χ0) is 16.0. The van der Waals surface area contributed by atoms with Crippen molar-refractivity contribution in [1.82, 2.24) is 14.7 Å². The number of ether oxygens (including phenoxy) is 1. The molecule has 22 heavy (non-hydrogen) atoms. The number of nitrogens with zero attached hydrogens (tertiary/aromatic N) is 3. The van der Waals surface area contributed by atoms with Crippen molar-refractivity contribution < 1.29 is 14.6 Å². The number of hydrogen-bond acceptors (Lipinski definition) is 4. The molecule has 0 bridgehead atoms. The number of aromatic nitrogens is 2. The molecule has 1 saturated heterocycles. The molecule has 0 aromatic carbocycles. The van der Waals surface area contributed by atoms with E-state index in [1.165, 1.54) is 0 Å². The van der Waals surface area contributed by atoms with Crippen LogP contribution in [0.5, 0.6) is 0 Å². The first-order valence-corrected chi connectivity index (χ1v) is 7.95. The lowest BCUT2D eigenvalue weighted by Gasteiger charge is -2.42. The van der Waals surface area contributed by atoms with Crippen molar-refractivity contribution in [3.05, 3.63) is 18.0 Å². The van der Waals surface area contributed by atoms with Gasteiger partial charge in [0.25, 0.3) is 0 Å². The summed E-state index contributed by atoms with van der Waals surface area (Å²) in [4.78, 5) is 14.3. The largest absolute Gasteiger partial charge is 0.396 e. The summed E-state index contributed by atoms with van der Waals surface area (Å²) in [6.07, 6.45) is 7.35. The van der Waals surface area contributed by atoms with Crippen LogP contribution in [-0.2, 0) is 16.1 Å². The Morgan fingerprint density at radius 2 is 2.36 bits per heavy atom. The molecular formula is C16H27N3O3. The number of piperidine rings is 1. The Kier molecular flexibility index (Phi) is 5.97. The molecule has 0 radical (unpaired) electrons. The maximum atomic E-state index is 12.5. The maximum absolute atomic E-state index is 12.5. The maximum Gasteiger partial charge on any atom is 0.244 e. The van der Waals surface area contributed by atoms with Crippen LogP contribution in [0.1, 0.15) is 31.2 Å². The van der Waals surface area contributed by atoms with E-state index in [-0.39, 0.29) is 24.5 Å². The molecule has 6 nitrogen and oxygen atoms in total. The Labute approximate surface area is 132 Å². The van der Waals surface area contributed by atoms with Gasteiger partial charge in [-0.3, -0.25) is 9.48 Å². The summed E-state index contributed by atoms with van der Waals surface area (Å²) < 4.78 is 6.78. The molecule has 1 fully saturated rings. The monoisotopic (exact) mass is 309 g/mol. The van der Waals surface area contributed by atoms with Gasteiger partial charge >= 0.3 is 0 Å². The predicted molar refractivity (Wildman–Crippen MR) is 83.4 cm³/mol. The summed E-state index contributed by atoms with van der Waals surface area (Å²) in [5, 5.41) is 14.0. The zero-order valence-electron chi connectivity index (χ0n) is 13.6. The van der Waals surface area contributed by atoms with E-state index >= 15 is 0 Å². The standard InChI is InChI=1S/C16H27N3O3/c1-14-9-17-19(10-14)11-15(21)18-7-3-5-16(12-18,13-20)6-4-8-22-2/h9-10,20H,3-8,11-13H2,1-2H3/t16-/m0/s1. The zero-order valence-corrected chi connectivity index (χ0v) is 13.6. The Hall–Kier alpha value is -1.40. The van der Waals surface area contributed by atoms with E-state index in [0.29, 0.717) is 13.2 Å². The van der Waals surface area contributed by atoms with Gasteiger partial charge in [-0.25, -0.2) is 0 Å². The van der Waals surface area contributed by atoms with Crippen molar-refractivity contribution in [3.8, 4) is 0 Å². The normalized spacial score (nSPS) is 22.0. The SMILES string of the molecule is COCCC[C@@]1(CO)CCCN(C(=O)Cn2cc(C)cn2)C1. The Morgan fingerprint density at radius 1 is 1.55 bits per heavy atom. The molecule has 1 aromatic rings. The van der Waals surface area contributed by atoms with Gasteiger partial charge in [-0.2, -0.15) is 5.10 Å². The minimum Gasteiger partial charge on any atom is -0.396 e. The lowest BCUT2D eigenvalue weighted by Crippen LogP contribution is -2.48. The molecule has 0 spiro atoms.